The van der Waals surface area contributed by atoms with Crippen molar-refractivity contribution in [1.82, 2.24) is 0 Å². The van der Waals surface area contributed by atoms with Crippen LogP contribution in [0.4, 0.5) is 0 Å². The molecule has 250 valence electrons. The van der Waals surface area contributed by atoms with Gasteiger partial charge in [0.25, 0.3) is 0 Å². The Morgan fingerprint density at radius 2 is 0.524 bits per heavy atom. The predicted molar refractivity (Wildman–Crippen MR) is 181 cm³/mol. The van der Waals surface area contributed by atoms with Crippen molar-refractivity contribution in [2.24, 2.45) is 0 Å². The summed E-state index contributed by atoms with van der Waals surface area (Å²) in [4.78, 5) is 23.8. The fourth-order valence-corrected chi connectivity index (χ4v) is 5.65. The van der Waals surface area contributed by atoms with Crippen LogP contribution in [-0.2, 0) is 19.1 Å². The Hall–Kier alpha value is -1.06. The molecule has 0 bridgehead atoms. The number of unbranched alkanes of at least 4 members (excludes halogenated alkanes) is 27. The Labute approximate surface area is 263 Å². The highest BCUT2D eigenvalue weighted by molar-refractivity contribution is 5.70. The first kappa shape index (κ1) is 40.9. The normalized spacial score (nSPS) is 11.2. The number of carbonyl (C=O) groups excluding carboxylic acids is 2. The Kier molecular flexibility index (Phi) is 35.2. The quantitative estimate of drug-likeness (QED) is 0.0541. The van der Waals surface area contributed by atoms with Gasteiger partial charge in [0.1, 0.15) is 0 Å². The summed E-state index contributed by atoms with van der Waals surface area (Å²) in [5.41, 5.74) is 0. The van der Waals surface area contributed by atoms with E-state index in [1.54, 1.807) is 0 Å². The lowest BCUT2D eigenvalue weighted by Crippen LogP contribution is -2.08. The van der Waals surface area contributed by atoms with Crippen molar-refractivity contribution in [3.05, 3.63) is 0 Å². The molecular weight excluding hydrogens is 520 g/mol. The Balaban J connectivity index is 3.26. The lowest BCUT2D eigenvalue weighted by atomic mass is 10.0. The smallest absolute Gasteiger partial charge is 0.305 e. The molecule has 0 amide bonds. The number of hydrogen-bond acceptors (Lipinski definition) is 4. The van der Waals surface area contributed by atoms with Crippen molar-refractivity contribution in [1.29, 1.82) is 0 Å². The second-order valence-corrected chi connectivity index (χ2v) is 12.8. The topological polar surface area (TPSA) is 52.6 Å². The summed E-state index contributed by atoms with van der Waals surface area (Å²) in [5.74, 6) is -0.249. The van der Waals surface area contributed by atoms with Gasteiger partial charge in [-0.05, 0) is 25.7 Å². The van der Waals surface area contributed by atoms with Crippen molar-refractivity contribution in [2.75, 3.05) is 13.2 Å². The molecule has 42 heavy (non-hydrogen) atoms. The molecule has 4 nitrogen and oxygen atoms in total. The number of esters is 2. The highest BCUT2D eigenvalue weighted by Crippen LogP contribution is 2.14. The van der Waals surface area contributed by atoms with E-state index in [0.29, 0.717) is 38.9 Å². The monoisotopic (exact) mass is 595 g/mol. The number of rotatable bonds is 35. The molecule has 0 aliphatic carbocycles. The minimum absolute atomic E-state index is 0.125. The summed E-state index contributed by atoms with van der Waals surface area (Å²) in [6, 6.07) is 0. The summed E-state index contributed by atoms with van der Waals surface area (Å²) in [6.45, 7) is 5.63. The molecule has 0 radical (unpaired) electrons. The van der Waals surface area contributed by atoms with Crippen LogP contribution in [0.1, 0.15) is 219 Å². The largest absolute Gasteiger partial charge is 0.466 e. The van der Waals surface area contributed by atoms with Gasteiger partial charge in [0, 0.05) is 12.8 Å². The Morgan fingerprint density at radius 1 is 0.310 bits per heavy atom. The van der Waals surface area contributed by atoms with E-state index in [0.717, 1.165) is 25.7 Å². The van der Waals surface area contributed by atoms with E-state index >= 15 is 0 Å². The average Bonchev–Trinajstić information content (AvgIpc) is 2.99. The fraction of sp³-hybridized carbons (Fsp3) is 0.947. The van der Waals surface area contributed by atoms with Crippen LogP contribution >= 0.6 is 0 Å². The van der Waals surface area contributed by atoms with Gasteiger partial charge in [0.15, 0.2) is 0 Å². The van der Waals surface area contributed by atoms with Gasteiger partial charge in [-0.2, -0.15) is 0 Å². The van der Waals surface area contributed by atoms with Crippen molar-refractivity contribution >= 4 is 11.9 Å². The number of ether oxygens (including phenoxy) is 2. The molecule has 0 unspecified atom stereocenters. The first-order valence-electron chi connectivity index (χ1n) is 19.0. The van der Waals surface area contributed by atoms with Crippen molar-refractivity contribution in [2.45, 2.75) is 219 Å². The van der Waals surface area contributed by atoms with E-state index in [1.165, 1.54) is 154 Å². The SMILES string of the molecule is CCCCCCCCCCCCCCCCOC(=O)CCCCC(=O)OCCCCCCCCCCCCCCCC. The molecule has 0 aliphatic heterocycles. The van der Waals surface area contributed by atoms with Crippen LogP contribution in [0.5, 0.6) is 0 Å². The van der Waals surface area contributed by atoms with Gasteiger partial charge in [0.2, 0.25) is 0 Å². The molecule has 0 N–H and O–H groups in total. The lowest BCUT2D eigenvalue weighted by Gasteiger charge is -2.06. The van der Waals surface area contributed by atoms with Crippen LogP contribution < -0.4 is 0 Å². The first-order valence-corrected chi connectivity index (χ1v) is 19.0. The molecule has 0 atom stereocenters. The van der Waals surface area contributed by atoms with E-state index in [2.05, 4.69) is 13.8 Å². The van der Waals surface area contributed by atoms with Crippen LogP contribution in [0.2, 0.25) is 0 Å². The summed E-state index contributed by atoms with van der Waals surface area (Å²) >= 11 is 0. The fourth-order valence-electron chi connectivity index (χ4n) is 5.65. The van der Waals surface area contributed by atoms with Gasteiger partial charge < -0.3 is 9.47 Å². The molecule has 0 aliphatic rings. The molecule has 0 aromatic heterocycles. The van der Waals surface area contributed by atoms with Crippen molar-refractivity contribution in [3.8, 4) is 0 Å². The summed E-state index contributed by atoms with van der Waals surface area (Å²) in [6.07, 6.45) is 39.4. The van der Waals surface area contributed by atoms with Crippen molar-refractivity contribution in [3.63, 3.8) is 0 Å². The molecule has 0 saturated heterocycles. The molecule has 0 rings (SSSR count). The maximum Gasteiger partial charge on any atom is 0.305 e. The third kappa shape index (κ3) is 35.1. The molecule has 0 fully saturated rings. The van der Waals surface area contributed by atoms with Gasteiger partial charge in [-0.25, -0.2) is 0 Å². The molecule has 0 aromatic rings. The first-order chi connectivity index (χ1) is 20.7. The average molecular weight is 595 g/mol. The molecule has 0 heterocycles. The molecular formula is C38H74O4. The van der Waals surface area contributed by atoms with Crippen LogP contribution in [0.15, 0.2) is 0 Å². The molecule has 4 heteroatoms. The molecule has 0 spiro atoms. The van der Waals surface area contributed by atoms with Crippen LogP contribution in [0.25, 0.3) is 0 Å². The molecule has 0 aromatic carbocycles. The minimum atomic E-state index is -0.125. The highest BCUT2D eigenvalue weighted by Gasteiger charge is 2.06. The van der Waals surface area contributed by atoms with Crippen molar-refractivity contribution < 1.29 is 19.1 Å². The summed E-state index contributed by atoms with van der Waals surface area (Å²) in [5, 5.41) is 0. The lowest BCUT2D eigenvalue weighted by molar-refractivity contribution is -0.146. The number of hydrogen-bond donors (Lipinski definition) is 0. The predicted octanol–water partition coefficient (Wildman–Crippen LogP) is 12.6. The molecule has 0 saturated carbocycles. The maximum absolute atomic E-state index is 11.9. The van der Waals surface area contributed by atoms with Crippen LogP contribution in [0, 0.1) is 0 Å². The van der Waals surface area contributed by atoms with E-state index in [4.69, 9.17) is 9.47 Å². The Morgan fingerprint density at radius 3 is 0.762 bits per heavy atom. The summed E-state index contributed by atoms with van der Waals surface area (Å²) in [7, 11) is 0. The van der Waals surface area contributed by atoms with Gasteiger partial charge >= 0.3 is 11.9 Å². The van der Waals surface area contributed by atoms with E-state index in [1.807, 2.05) is 0 Å². The van der Waals surface area contributed by atoms with E-state index in [-0.39, 0.29) is 11.9 Å². The van der Waals surface area contributed by atoms with Gasteiger partial charge in [0.05, 0.1) is 13.2 Å². The van der Waals surface area contributed by atoms with Crippen LogP contribution in [0.3, 0.4) is 0 Å². The van der Waals surface area contributed by atoms with E-state index < -0.39 is 0 Å². The second kappa shape index (κ2) is 36.1. The minimum Gasteiger partial charge on any atom is -0.466 e. The Bertz CT molecular complexity index is 499. The van der Waals surface area contributed by atoms with Crippen LogP contribution in [-0.4, -0.2) is 25.2 Å². The standard InChI is InChI=1S/C38H74O4/c1-3-5-7-9-11-13-15-17-19-21-23-25-27-31-35-41-37(39)33-29-30-34-38(40)42-36-32-28-26-24-22-20-18-16-14-12-10-8-6-4-2/h3-36H2,1-2H3. The third-order valence-electron chi connectivity index (χ3n) is 8.53. The maximum atomic E-state index is 11.9. The van der Waals surface area contributed by atoms with Gasteiger partial charge in [-0.1, -0.05) is 181 Å². The van der Waals surface area contributed by atoms with Gasteiger partial charge in [-0.15, -0.1) is 0 Å². The summed E-state index contributed by atoms with van der Waals surface area (Å²) < 4.78 is 10.7. The zero-order valence-electron chi connectivity index (χ0n) is 28.7. The van der Waals surface area contributed by atoms with Gasteiger partial charge in [-0.3, -0.25) is 9.59 Å². The highest BCUT2D eigenvalue weighted by atomic mass is 16.5. The van der Waals surface area contributed by atoms with E-state index in [9.17, 15) is 9.59 Å². The second-order valence-electron chi connectivity index (χ2n) is 12.8. The zero-order valence-corrected chi connectivity index (χ0v) is 28.7. The third-order valence-corrected chi connectivity index (χ3v) is 8.53. The number of carbonyl (C=O) groups is 2. The zero-order chi connectivity index (χ0) is 30.6.